The second-order valence-corrected chi connectivity index (χ2v) is 6.95. The fourth-order valence-electron chi connectivity index (χ4n) is 3.47. The lowest BCUT2D eigenvalue weighted by Crippen LogP contribution is -2.35. The van der Waals surface area contributed by atoms with Gasteiger partial charge in [0.2, 0.25) is 5.95 Å². The van der Waals surface area contributed by atoms with Gasteiger partial charge in [-0.3, -0.25) is 9.55 Å². The molecule has 0 radical (unpaired) electrons. The number of anilines is 1. The molecule has 26 heavy (non-hydrogen) atoms. The summed E-state index contributed by atoms with van der Waals surface area (Å²) in [5.41, 5.74) is 1.02. The summed E-state index contributed by atoms with van der Waals surface area (Å²) in [6, 6.07) is 1.84. The molecular weight excluding hydrogens is 326 g/mol. The van der Waals surface area contributed by atoms with Gasteiger partial charge in [0, 0.05) is 55.9 Å². The van der Waals surface area contributed by atoms with Crippen molar-refractivity contribution < 1.29 is 0 Å². The molecule has 134 valence electrons. The van der Waals surface area contributed by atoms with Crippen LogP contribution in [-0.4, -0.2) is 42.6 Å². The third-order valence-corrected chi connectivity index (χ3v) is 4.75. The Balaban J connectivity index is 1.59. The maximum atomic E-state index is 4.90. The van der Waals surface area contributed by atoms with Gasteiger partial charge in [-0.25, -0.2) is 19.9 Å². The van der Waals surface area contributed by atoms with Crippen LogP contribution in [0.15, 0.2) is 43.2 Å². The molecular formula is C19H23N7. The molecule has 0 saturated carbocycles. The second-order valence-electron chi connectivity index (χ2n) is 6.95. The Morgan fingerprint density at radius 2 is 1.92 bits per heavy atom. The van der Waals surface area contributed by atoms with Crippen molar-refractivity contribution in [2.45, 2.75) is 38.5 Å². The van der Waals surface area contributed by atoms with Crippen molar-refractivity contribution in [3.05, 3.63) is 54.8 Å². The third-order valence-electron chi connectivity index (χ3n) is 4.75. The monoisotopic (exact) mass is 349 g/mol. The van der Waals surface area contributed by atoms with E-state index >= 15 is 0 Å². The van der Waals surface area contributed by atoms with Crippen molar-refractivity contribution in [3.63, 3.8) is 0 Å². The van der Waals surface area contributed by atoms with E-state index in [-0.39, 0.29) is 0 Å². The number of piperidine rings is 1. The van der Waals surface area contributed by atoms with Crippen LogP contribution in [-0.2, 0) is 0 Å². The highest BCUT2D eigenvalue weighted by atomic mass is 15.3. The fourth-order valence-corrected chi connectivity index (χ4v) is 3.47. The van der Waals surface area contributed by atoms with Crippen molar-refractivity contribution in [2.75, 3.05) is 18.0 Å². The number of aromatic nitrogens is 6. The quantitative estimate of drug-likeness (QED) is 0.721. The van der Waals surface area contributed by atoms with E-state index in [1.165, 1.54) is 0 Å². The molecule has 0 aliphatic carbocycles. The fraction of sp³-hybridized carbons (Fsp3) is 0.421. The summed E-state index contributed by atoms with van der Waals surface area (Å²) in [7, 11) is 0. The molecule has 1 aliphatic rings. The largest absolute Gasteiger partial charge is 0.340 e. The predicted octanol–water partition coefficient (Wildman–Crippen LogP) is 2.96. The lowest BCUT2D eigenvalue weighted by molar-refractivity contribution is 0.493. The van der Waals surface area contributed by atoms with Crippen LogP contribution in [0.4, 0.5) is 5.95 Å². The Labute approximate surface area is 153 Å². The van der Waals surface area contributed by atoms with Crippen LogP contribution in [0.5, 0.6) is 0 Å². The highest BCUT2D eigenvalue weighted by molar-refractivity contribution is 5.32. The molecule has 0 spiro atoms. The maximum absolute atomic E-state index is 4.90. The Morgan fingerprint density at radius 3 is 2.73 bits per heavy atom. The van der Waals surface area contributed by atoms with Crippen LogP contribution in [0.2, 0.25) is 0 Å². The molecule has 1 saturated heterocycles. The Hall–Kier alpha value is -2.83. The second kappa shape index (κ2) is 7.19. The van der Waals surface area contributed by atoms with E-state index in [2.05, 4.69) is 38.7 Å². The summed E-state index contributed by atoms with van der Waals surface area (Å²) >= 11 is 0. The smallest absolute Gasteiger partial charge is 0.225 e. The summed E-state index contributed by atoms with van der Waals surface area (Å²) in [4.78, 5) is 24.8. The van der Waals surface area contributed by atoms with Gasteiger partial charge >= 0.3 is 0 Å². The van der Waals surface area contributed by atoms with Crippen LogP contribution < -0.4 is 4.90 Å². The molecule has 4 heterocycles. The minimum absolute atomic E-state index is 0.325. The van der Waals surface area contributed by atoms with Gasteiger partial charge in [0.25, 0.3) is 0 Å². The normalized spacial score (nSPS) is 17.7. The van der Waals surface area contributed by atoms with E-state index in [0.717, 1.165) is 49.2 Å². The lowest BCUT2D eigenvalue weighted by atomic mass is 9.95. The van der Waals surface area contributed by atoms with Crippen LogP contribution in [0.3, 0.4) is 0 Å². The molecule has 3 aromatic heterocycles. The van der Waals surface area contributed by atoms with E-state index in [9.17, 15) is 0 Å². The van der Waals surface area contributed by atoms with Gasteiger partial charge in [0.15, 0.2) is 5.82 Å². The summed E-state index contributed by atoms with van der Waals surface area (Å²) in [5.74, 6) is 3.27. The number of imidazole rings is 1. The molecule has 1 aliphatic heterocycles. The van der Waals surface area contributed by atoms with Crippen LogP contribution >= 0.6 is 0 Å². The number of hydrogen-bond acceptors (Lipinski definition) is 6. The summed E-state index contributed by atoms with van der Waals surface area (Å²) in [5, 5.41) is 0. The van der Waals surface area contributed by atoms with Crippen LogP contribution in [0, 0.1) is 0 Å². The average Bonchev–Trinajstić information content (AvgIpc) is 3.19. The van der Waals surface area contributed by atoms with E-state index in [0.29, 0.717) is 11.8 Å². The Bertz CT molecular complexity index is 859. The minimum Gasteiger partial charge on any atom is -0.340 e. The zero-order valence-electron chi connectivity index (χ0n) is 15.2. The maximum Gasteiger partial charge on any atom is 0.225 e. The third kappa shape index (κ3) is 3.29. The zero-order chi connectivity index (χ0) is 17.9. The first-order valence-corrected chi connectivity index (χ1v) is 9.10. The molecule has 0 N–H and O–H groups in total. The van der Waals surface area contributed by atoms with Gasteiger partial charge in [-0.2, -0.15) is 0 Å². The van der Waals surface area contributed by atoms with Crippen molar-refractivity contribution in [1.82, 2.24) is 29.5 Å². The molecule has 3 aromatic rings. The molecule has 7 nitrogen and oxygen atoms in total. The highest BCUT2D eigenvalue weighted by Crippen LogP contribution is 2.27. The highest BCUT2D eigenvalue weighted by Gasteiger charge is 2.24. The van der Waals surface area contributed by atoms with E-state index < -0.39 is 0 Å². The molecule has 4 rings (SSSR count). The molecule has 7 heteroatoms. The SMILES string of the molecule is CC(C)c1nccn1-c1cncc(C2CCCN(c3ncccn3)C2)n1. The van der Waals surface area contributed by atoms with Crippen molar-refractivity contribution in [2.24, 2.45) is 0 Å². The molecule has 0 bridgehead atoms. The first-order valence-electron chi connectivity index (χ1n) is 9.10. The summed E-state index contributed by atoms with van der Waals surface area (Å²) < 4.78 is 2.03. The average molecular weight is 349 g/mol. The summed E-state index contributed by atoms with van der Waals surface area (Å²) in [6.45, 7) is 6.11. The van der Waals surface area contributed by atoms with Gasteiger partial charge in [0.1, 0.15) is 5.82 Å². The lowest BCUT2D eigenvalue weighted by Gasteiger charge is -2.32. The van der Waals surface area contributed by atoms with Gasteiger partial charge in [-0.05, 0) is 18.9 Å². The van der Waals surface area contributed by atoms with Crippen molar-refractivity contribution in [1.29, 1.82) is 0 Å². The van der Waals surface area contributed by atoms with Crippen molar-refractivity contribution >= 4 is 5.95 Å². The Kier molecular flexibility index (Phi) is 4.60. The van der Waals surface area contributed by atoms with E-state index in [4.69, 9.17) is 4.98 Å². The predicted molar refractivity (Wildman–Crippen MR) is 99.5 cm³/mol. The molecule has 1 atom stereocenters. The standard InChI is InChI=1S/C19H23N7/c1-14(2)18-21-8-10-26(18)17-12-20-11-16(24-17)15-5-3-9-25(13-15)19-22-6-4-7-23-19/h4,6-8,10-12,14-15H,3,5,9,13H2,1-2H3. The summed E-state index contributed by atoms with van der Waals surface area (Å²) in [6.07, 6.45) is 13.2. The zero-order valence-corrected chi connectivity index (χ0v) is 15.2. The van der Waals surface area contributed by atoms with Gasteiger partial charge in [-0.1, -0.05) is 13.8 Å². The van der Waals surface area contributed by atoms with E-state index in [1.807, 2.05) is 29.2 Å². The van der Waals surface area contributed by atoms with E-state index in [1.54, 1.807) is 18.6 Å². The topological polar surface area (TPSA) is 72.6 Å². The first-order chi connectivity index (χ1) is 12.7. The molecule has 0 amide bonds. The van der Waals surface area contributed by atoms with Crippen LogP contribution in [0.25, 0.3) is 5.82 Å². The van der Waals surface area contributed by atoms with Gasteiger partial charge in [0.05, 0.1) is 11.9 Å². The molecule has 1 unspecified atom stereocenters. The minimum atomic E-state index is 0.325. The van der Waals surface area contributed by atoms with Gasteiger partial charge in [-0.15, -0.1) is 0 Å². The van der Waals surface area contributed by atoms with Crippen LogP contribution in [0.1, 0.15) is 50.0 Å². The molecule has 1 fully saturated rings. The van der Waals surface area contributed by atoms with Crippen molar-refractivity contribution in [3.8, 4) is 5.82 Å². The first kappa shape index (κ1) is 16.6. The number of nitrogens with zero attached hydrogens (tertiary/aromatic N) is 7. The number of hydrogen-bond donors (Lipinski definition) is 0. The van der Waals surface area contributed by atoms with Gasteiger partial charge < -0.3 is 4.90 Å². The molecule has 0 aromatic carbocycles. The number of rotatable bonds is 4. The Morgan fingerprint density at radius 1 is 1.08 bits per heavy atom.